The summed E-state index contributed by atoms with van der Waals surface area (Å²) in [4.78, 5) is 0. The van der Waals surface area contributed by atoms with E-state index in [1.807, 2.05) is 60.7 Å². The molecule has 0 amide bonds. The lowest BCUT2D eigenvalue weighted by Crippen LogP contribution is -1.92. The molecule has 0 fully saturated rings. The van der Waals surface area contributed by atoms with E-state index in [9.17, 15) is 20.4 Å². The molecule has 9 aromatic carbocycles. The van der Waals surface area contributed by atoms with Crippen molar-refractivity contribution in [2.24, 2.45) is 0 Å². The predicted octanol–water partition coefficient (Wildman–Crippen LogP) is 6.30. The van der Waals surface area contributed by atoms with Gasteiger partial charge in [-0.15, -0.1) is 0 Å². The minimum Gasteiger partial charge on any atom is -0.504 e. The van der Waals surface area contributed by atoms with Gasteiger partial charge in [-0.3, -0.25) is 0 Å². The van der Waals surface area contributed by atoms with Gasteiger partial charge in [0, 0.05) is 21.5 Å². The molecule has 0 aromatic heterocycles. The lowest BCUT2D eigenvalue weighted by Gasteiger charge is -2.20. The highest BCUT2D eigenvalue weighted by molar-refractivity contribution is 6.38. The molecule has 0 aliphatic rings. The van der Waals surface area contributed by atoms with Crippen LogP contribution in [0.3, 0.4) is 0 Å². The average molecular weight is 390 g/mol. The first kappa shape index (κ1) is 15.7. The number of aromatic hydroxyl groups is 4. The molecule has 9 aromatic rings. The third-order valence-corrected chi connectivity index (χ3v) is 6.56. The van der Waals surface area contributed by atoms with Crippen LogP contribution in [-0.4, -0.2) is 20.4 Å². The van der Waals surface area contributed by atoms with Crippen LogP contribution in [0, 0.1) is 0 Å². The van der Waals surface area contributed by atoms with Gasteiger partial charge in [-0.25, -0.2) is 0 Å². The number of phenolic OH excluding ortho intramolecular Hbond substituents is 4. The molecular formula is C26H14O4. The van der Waals surface area contributed by atoms with Crippen LogP contribution in [0.15, 0.2) is 60.7 Å². The van der Waals surface area contributed by atoms with Gasteiger partial charge in [0.05, 0.1) is 0 Å². The third-order valence-electron chi connectivity index (χ3n) is 6.56. The highest BCUT2D eigenvalue weighted by Crippen LogP contribution is 2.55. The Bertz CT molecular complexity index is 1570. The second kappa shape index (κ2) is 4.86. The van der Waals surface area contributed by atoms with E-state index in [1.165, 1.54) is 0 Å². The van der Waals surface area contributed by atoms with Crippen molar-refractivity contribution < 1.29 is 20.4 Å². The van der Waals surface area contributed by atoms with Gasteiger partial charge < -0.3 is 20.4 Å². The van der Waals surface area contributed by atoms with Gasteiger partial charge in [-0.2, -0.15) is 0 Å². The molecule has 4 bridgehead atoms. The fourth-order valence-electron chi connectivity index (χ4n) is 5.34. The van der Waals surface area contributed by atoms with E-state index in [0.717, 1.165) is 43.1 Å². The molecule has 142 valence electrons. The van der Waals surface area contributed by atoms with Gasteiger partial charge in [-0.1, -0.05) is 48.5 Å². The minimum atomic E-state index is -0.127. The zero-order valence-electron chi connectivity index (χ0n) is 15.6. The summed E-state index contributed by atoms with van der Waals surface area (Å²) in [5, 5.41) is 51.9. The Labute approximate surface area is 169 Å². The van der Waals surface area contributed by atoms with Crippen molar-refractivity contribution in [2.75, 3.05) is 0 Å². The van der Waals surface area contributed by atoms with E-state index < -0.39 is 0 Å². The van der Waals surface area contributed by atoms with Gasteiger partial charge in [-0.05, 0) is 55.2 Å². The number of hydrogen-bond donors (Lipinski definition) is 4. The molecule has 0 heterocycles. The van der Waals surface area contributed by atoms with Crippen LogP contribution in [0.1, 0.15) is 0 Å². The van der Waals surface area contributed by atoms with Crippen molar-refractivity contribution in [3.05, 3.63) is 60.7 Å². The Morgan fingerprint density at radius 2 is 0.567 bits per heavy atom. The van der Waals surface area contributed by atoms with Gasteiger partial charge >= 0.3 is 0 Å². The molecule has 0 saturated carbocycles. The molecule has 4 heteroatoms. The van der Waals surface area contributed by atoms with Crippen LogP contribution in [0.25, 0.3) is 64.6 Å². The summed E-state index contributed by atoms with van der Waals surface area (Å²) in [6.45, 7) is 0. The normalized spacial score (nSPS) is 12.5. The van der Waals surface area contributed by atoms with Crippen molar-refractivity contribution in [3.8, 4) is 23.0 Å². The summed E-state index contributed by atoms with van der Waals surface area (Å²) < 4.78 is 0. The van der Waals surface area contributed by atoms with Crippen LogP contribution < -0.4 is 0 Å². The molecule has 0 saturated heterocycles. The van der Waals surface area contributed by atoms with Crippen LogP contribution in [0.4, 0.5) is 0 Å². The molecule has 30 heavy (non-hydrogen) atoms. The maximum absolute atomic E-state index is 10.7. The standard InChI is InChI=1S/C26H14O4/c27-23-19-11-5-1-2-6-12(11)20(24(23)28)16-10-18-17(9-15(16)19)21-13-7-3-4-8-14(13)22(18)26(30)25(21)29/h1-10,27-30H. The van der Waals surface area contributed by atoms with Gasteiger partial charge in [0.15, 0.2) is 23.0 Å². The molecule has 0 radical (unpaired) electrons. The fraction of sp³-hybridized carbons (Fsp3) is 0. The smallest absolute Gasteiger partial charge is 0.166 e. The first-order valence-electron chi connectivity index (χ1n) is 9.70. The summed E-state index contributed by atoms with van der Waals surface area (Å²) in [5.41, 5.74) is 0. The zero-order valence-corrected chi connectivity index (χ0v) is 15.6. The molecule has 0 aliphatic carbocycles. The Morgan fingerprint density at radius 1 is 0.333 bits per heavy atom. The minimum absolute atomic E-state index is 0.127. The highest BCUT2D eigenvalue weighted by Gasteiger charge is 2.25. The summed E-state index contributed by atoms with van der Waals surface area (Å²) in [5.74, 6) is -0.508. The quantitative estimate of drug-likeness (QED) is 0.181. The molecule has 0 aliphatic heterocycles. The molecule has 0 atom stereocenters. The van der Waals surface area contributed by atoms with Gasteiger partial charge in [0.1, 0.15) is 0 Å². The van der Waals surface area contributed by atoms with E-state index in [2.05, 4.69) is 0 Å². The van der Waals surface area contributed by atoms with E-state index in [1.54, 1.807) is 0 Å². The Kier molecular flexibility index (Phi) is 2.55. The molecule has 4 nitrogen and oxygen atoms in total. The number of rotatable bonds is 0. The van der Waals surface area contributed by atoms with E-state index in [-0.39, 0.29) is 23.0 Å². The number of hydrogen-bond acceptors (Lipinski definition) is 4. The number of fused-ring (bicyclic) bond motifs is 2. The summed E-state index contributed by atoms with van der Waals surface area (Å²) in [7, 11) is 0. The third kappa shape index (κ3) is 1.54. The largest absolute Gasteiger partial charge is 0.504 e. The van der Waals surface area contributed by atoms with Crippen molar-refractivity contribution in [3.63, 3.8) is 0 Å². The topological polar surface area (TPSA) is 80.9 Å². The molecule has 4 N–H and O–H groups in total. The van der Waals surface area contributed by atoms with Crippen molar-refractivity contribution in [1.82, 2.24) is 0 Å². The Morgan fingerprint density at radius 3 is 0.800 bits per heavy atom. The number of phenols is 8. The molecular weight excluding hydrogens is 376 g/mol. The SMILES string of the molecule is Oc1c(O)c2c3ccccc3c1c1cc3c(cc12)c1c(O)c(O)c3c2ccccc21. The zero-order chi connectivity index (χ0) is 20.3. The highest BCUT2D eigenvalue weighted by atomic mass is 16.3. The summed E-state index contributed by atoms with van der Waals surface area (Å²) in [6, 6.07) is 19.3. The van der Waals surface area contributed by atoms with E-state index in [4.69, 9.17) is 0 Å². The molecule has 0 spiro atoms. The fourth-order valence-corrected chi connectivity index (χ4v) is 5.34. The van der Waals surface area contributed by atoms with Crippen molar-refractivity contribution in [1.29, 1.82) is 0 Å². The number of benzene rings is 9. The first-order valence-corrected chi connectivity index (χ1v) is 9.70. The van der Waals surface area contributed by atoms with E-state index in [0.29, 0.717) is 21.5 Å². The van der Waals surface area contributed by atoms with Crippen LogP contribution >= 0.6 is 0 Å². The second-order valence-corrected chi connectivity index (χ2v) is 7.93. The first-order chi connectivity index (χ1) is 14.6. The average Bonchev–Trinajstić information content (AvgIpc) is 2.76. The van der Waals surface area contributed by atoms with Crippen LogP contribution in [-0.2, 0) is 0 Å². The summed E-state index contributed by atoms with van der Waals surface area (Å²) in [6.07, 6.45) is 0. The Balaban J connectivity index is 1.86. The summed E-state index contributed by atoms with van der Waals surface area (Å²) >= 11 is 0. The predicted molar refractivity (Wildman–Crippen MR) is 121 cm³/mol. The van der Waals surface area contributed by atoms with Crippen LogP contribution in [0.5, 0.6) is 23.0 Å². The second-order valence-electron chi connectivity index (χ2n) is 7.93. The van der Waals surface area contributed by atoms with Crippen LogP contribution in [0.2, 0.25) is 0 Å². The van der Waals surface area contributed by atoms with Crippen molar-refractivity contribution >= 4 is 64.6 Å². The molecule has 9 rings (SSSR count). The van der Waals surface area contributed by atoms with E-state index >= 15 is 0 Å². The van der Waals surface area contributed by atoms with Gasteiger partial charge in [0.2, 0.25) is 0 Å². The van der Waals surface area contributed by atoms with Gasteiger partial charge in [0.25, 0.3) is 0 Å². The molecule has 0 unspecified atom stereocenters. The lowest BCUT2D eigenvalue weighted by atomic mass is 9.85. The lowest BCUT2D eigenvalue weighted by molar-refractivity contribution is 0.412. The Hall–Kier alpha value is -4.18. The van der Waals surface area contributed by atoms with Crippen molar-refractivity contribution in [2.45, 2.75) is 0 Å². The maximum atomic E-state index is 10.7. The monoisotopic (exact) mass is 390 g/mol. The maximum Gasteiger partial charge on any atom is 0.166 e.